The quantitative estimate of drug-likeness (QED) is 0.606. The summed E-state index contributed by atoms with van der Waals surface area (Å²) < 4.78 is 0. The Morgan fingerprint density at radius 2 is 1.54 bits per heavy atom. The van der Waals surface area contributed by atoms with E-state index in [0.717, 1.165) is 30.2 Å². The lowest BCUT2D eigenvalue weighted by molar-refractivity contribution is -0.126. The number of nitrogens with one attached hydrogen (secondary N) is 2. The molecule has 4 rings (SSSR count). The first-order chi connectivity index (χ1) is 16.6. The molecule has 7 nitrogen and oxygen atoms in total. The topological polar surface area (TPSA) is 81.8 Å². The van der Waals surface area contributed by atoms with Crippen molar-refractivity contribution in [3.05, 3.63) is 42.0 Å². The van der Waals surface area contributed by atoms with Crippen LogP contribution in [0.5, 0.6) is 0 Å². The highest BCUT2D eigenvalue weighted by Crippen LogP contribution is 2.32. The molecule has 1 saturated heterocycles. The summed E-state index contributed by atoms with van der Waals surface area (Å²) in [7, 11) is 4.07. The molecule has 188 valence electrons. The summed E-state index contributed by atoms with van der Waals surface area (Å²) >= 11 is 0. The smallest absolute Gasteiger partial charge is 0.255 e. The van der Waals surface area contributed by atoms with E-state index in [9.17, 15) is 14.4 Å². The van der Waals surface area contributed by atoms with Crippen molar-refractivity contribution in [1.82, 2.24) is 15.1 Å². The Hall–Kier alpha value is -2.93. The summed E-state index contributed by atoms with van der Waals surface area (Å²) in [6.07, 6.45) is 3.10. The highest BCUT2D eigenvalue weighted by atomic mass is 16.2. The van der Waals surface area contributed by atoms with E-state index in [0.29, 0.717) is 43.7 Å². The molecule has 2 N–H and O–H groups in total. The number of rotatable bonds is 8. The van der Waals surface area contributed by atoms with Crippen molar-refractivity contribution >= 4 is 34.2 Å². The predicted octanol–water partition coefficient (Wildman–Crippen LogP) is 3.74. The van der Waals surface area contributed by atoms with Gasteiger partial charge >= 0.3 is 0 Å². The van der Waals surface area contributed by atoms with Crippen molar-refractivity contribution in [2.75, 3.05) is 45.6 Å². The van der Waals surface area contributed by atoms with Gasteiger partial charge in [-0.2, -0.15) is 0 Å². The molecular formula is C28H38N4O3. The van der Waals surface area contributed by atoms with Gasteiger partial charge in [-0.3, -0.25) is 14.4 Å². The van der Waals surface area contributed by atoms with Crippen molar-refractivity contribution in [1.29, 1.82) is 0 Å². The molecule has 35 heavy (non-hydrogen) atoms. The van der Waals surface area contributed by atoms with Crippen LogP contribution in [0, 0.1) is 17.3 Å². The molecule has 2 aliphatic rings. The second-order valence-electron chi connectivity index (χ2n) is 11.2. The van der Waals surface area contributed by atoms with Gasteiger partial charge in [-0.25, -0.2) is 0 Å². The molecule has 1 heterocycles. The summed E-state index contributed by atoms with van der Waals surface area (Å²) in [5.41, 5.74) is 1.09. The molecule has 2 aromatic carbocycles. The first-order valence-corrected chi connectivity index (χ1v) is 12.7. The first kappa shape index (κ1) is 25.2. The zero-order valence-corrected chi connectivity index (χ0v) is 21.4. The second kappa shape index (κ2) is 10.4. The van der Waals surface area contributed by atoms with Crippen LogP contribution in [0.15, 0.2) is 36.4 Å². The number of carbonyl (C=O) groups excluding carboxylic acids is 3. The van der Waals surface area contributed by atoms with Gasteiger partial charge in [0.15, 0.2) is 0 Å². The first-order valence-electron chi connectivity index (χ1n) is 12.7. The fourth-order valence-corrected chi connectivity index (χ4v) is 5.00. The van der Waals surface area contributed by atoms with Gasteiger partial charge in [0, 0.05) is 38.0 Å². The molecule has 3 amide bonds. The average molecular weight is 479 g/mol. The lowest BCUT2D eigenvalue weighted by Crippen LogP contribution is -2.46. The number of fused-ring (bicyclic) bond motifs is 1. The van der Waals surface area contributed by atoms with Crippen LogP contribution >= 0.6 is 0 Å². The average Bonchev–Trinajstić information content (AvgIpc) is 3.67. The number of hydrogen-bond acceptors (Lipinski definition) is 4. The van der Waals surface area contributed by atoms with Crippen molar-refractivity contribution in [2.24, 2.45) is 17.3 Å². The maximum atomic E-state index is 13.5. The molecule has 7 heteroatoms. The van der Waals surface area contributed by atoms with E-state index >= 15 is 0 Å². The van der Waals surface area contributed by atoms with Gasteiger partial charge in [0.2, 0.25) is 11.8 Å². The maximum absolute atomic E-state index is 13.5. The molecule has 1 saturated carbocycles. The Kier molecular flexibility index (Phi) is 7.45. The van der Waals surface area contributed by atoms with E-state index < -0.39 is 0 Å². The molecule has 2 fully saturated rings. The van der Waals surface area contributed by atoms with Crippen molar-refractivity contribution in [3.63, 3.8) is 0 Å². The second-order valence-corrected chi connectivity index (χ2v) is 11.2. The van der Waals surface area contributed by atoms with Crippen LogP contribution in [-0.4, -0.2) is 67.8 Å². The molecule has 0 bridgehead atoms. The van der Waals surface area contributed by atoms with Gasteiger partial charge in [-0.1, -0.05) is 38.1 Å². The summed E-state index contributed by atoms with van der Waals surface area (Å²) in [4.78, 5) is 42.8. The fourth-order valence-electron chi connectivity index (χ4n) is 5.00. The zero-order valence-electron chi connectivity index (χ0n) is 21.4. The Bertz CT molecular complexity index is 1100. The van der Waals surface area contributed by atoms with E-state index in [1.165, 1.54) is 0 Å². The zero-order chi connectivity index (χ0) is 25.2. The minimum Gasteiger partial charge on any atom is -0.355 e. The highest BCUT2D eigenvalue weighted by molar-refractivity contribution is 6.08. The molecule has 0 spiro atoms. The number of anilines is 1. The summed E-state index contributed by atoms with van der Waals surface area (Å²) in [5.74, 6) is -0.0528. The van der Waals surface area contributed by atoms with Crippen LogP contribution in [0.4, 0.5) is 5.69 Å². The third kappa shape index (κ3) is 6.40. The molecule has 2 aromatic rings. The third-order valence-electron chi connectivity index (χ3n) is 6.96. The van der Waals surface area contributed by atoms with Crippen LogP contribution in [-0.2, 0) is 9.59 Å². The SMILES string of the molecule is CN(C)CC(C)(C)CNC(=O)C1CCN(C(=O)c2cc3ccccc3cc2NC(=O)C2CC2)CC1. The molecule has 0 aromatic heterocycles. The van der Waals surface area contributed by atoms with Gasteiger partial charge in [-0.15, -0.1) is 0 Å². The van der Waals surface area contributed by atoms with Crippen LogP contribution in [0.3, 0.4) is 0 Å². The van der Waals surface area contributed by atoms with E-state index in [1.54, 1.807) is 0 Å². The Morgan fingerprint density at radius 1 is 0.943 bits per heavy atom. The van der Waals surface area contributed by atoms with Crippen molar-refractivity contribution in [2.45, 2.75) is 39.5 Å². The van der Waals surface area contributed by atoms with Crippen LogP contribution in [0.1, 0.15) is 49.9 Å². The molecular weight excluding hydrogens is 440 g/mol. The lowest BCUT2D eigenvalue weighted by atomic mass is 9.91. The van der Waals surface area contributed by atoms with E-state index in [2.05, 4.69) is 29.4 Å². The minimum absolute atomic E-state index is 0.00673. The van der Waals surface area contributed by atoms with Crippen molar-refractivity contribution < 1.29 is 14.4 Å². The van der Waals surface area contributed by atoms with Gasteiger partial charge < -0.3 is 20.4 Å². The molecule has 0 unspecified atom stereocenters. The molecule has 0 radical (unpaired) electrons. The Balaban J connectivity index is 1.41. The predicted molar refractivity (Wildman–Crippen MR) is 139 cm³/mol. The largest absolute Gasteiger partial charge is 0.355 e. The van der Waals surface area contributed by atoms with Gasteiger partial charge in [0.25, 0.3) is 5.91 Å². The summed E-state index contributed by atoms with van der Waals surface area (Å²) in [6, 6.07) is 11.6. The van der Waals surface area contributed by atoms with E-state index in [1.807, 2.05) is 55.4 Å². The molecule has 1 aliphatic carbocycles. The Morgan fingerprint density at radius 3 is 2.14 bits per heavy atom. The van der Waals surface area contributed by atoms with E-state index in [-0.39, 0.29) is 35.0 Å². The highest BCUT2D eigenvalue weighted by Gasteiger charge is 2.32. The standard InChI is InChI=1S/C28H38N4O3/c1-28(2,18-31(3)4)17-29-25(33)20-11-13-32(14-12-20)27(35)23-15-21-7-5-6-8-22(21)16-24(23)30-26(34)19-9-10-19/h5-8,15-16,19-20H,9-14,17-18H2,1-4H3,(H,29,33)(H,30,34). The Labute approximate surface area is 208 Å². The van der Waals surface area contributed by atoms with Gasteiger partial charge in [-0.05, 0) is 68.1 Å². The number of likely N-dealkylation sites (tertiary alicyclic amines) is 1. The number of nitrogens with zero attached hydrogens (tertiary/aromatic N) is 2. The molecule has 0 atom stereocenters. The maximum Gasteiger partial charge on any atom is 0.255 e. The van der Waals surface area contributed by atoms with Crippen molar-refractivity contribution in [3.8, 4) is 0 Å². The van der Waals surface area contributed by atoms with Gasteiger partial charge in [0.05, 0.1) is 11.3 Å². The third-order valence-corrected chi connectivity index (χ3v) is 6.96. The van der Waals surface area contributed by atoms with Gasteiger partial charge in [0.1, 0.15) is 0 Å². The molecule has 1 aliphatic heterocycles. The van der Waals surface area contributed by atoms with E-state index in [4.69, 9.17) is 0 Å². The van der Waals surface area contributed by atoms with Crippen LogP contribution in [0.2, 0.25) is 0 Å². The number of benzene rings is 2. The number of amides is 3. The van der Waals surface area contributed by atoms with Crippen LogP contribution < -0.4 is 10.6 Å². The number of carbonyl (C=O) groups is 3. The normalized spacial score (nSPS) is 17.0. The number of hydrogen-bond donors (Lipinski definition) is 2. The lowest BCUT2D eigenvalue weighted by Gasteiger charge is -2.33. The fraction of sp³-hybridized carbons (Fsp3) is 0.536. The monoisotopic (exact) mass is 478 g/mol. The summed E-state index contributed by atoms with van der Waals surface area (Å²) in [6.45, 7) is 6.88. The number of piperidine rings is 1. The minimum atomic E-state index is -0.0900. The summed E-state index contributed by atoms with van der Waals surface area (Å²) in [5, 5.41) is 8.08. The van der Waals surface area contributed by atoms with Crippen LogP contribution in [0.25, 0.3) is 10.8 Å².